The number of ether oxygens (including phenoxy) is 1. The molecule has 1 heterocycles. The fourth-order valence-corrected chi connectivity index (χ4v) is 1.78. The predicted octanol–water partition coefficient (Wildman–Crippen LogP) is 2.54. The van der Waals surface area contributed by atoms with Crippen LogP contribution in [0.1, 0.15) is 25.6 Å². The summed E-state index contributed by atoms with van der Waals surface area (Å²) < 4.78 is 5.08. The van der Waals surface area contributed by atoms with Crippen molar-refractivity contribution in [2.75, 3.05) is 5.01 Å². The van der Waals surface area contributed by atoms with Gasteiger partial charge in [-0.15, -0.1) is 11.3 Å². The van der Waals surface area contributed by atoms with Crippen molar-refractivity contribution in [2.24, 2.45) is 0 Å². The molecule has 19 heavy (non-hydrogen) atoms. The van der Waals surface area contributed by atoms with Gasteiger partial charge in [0.2, 0.25) is 0 Å². The molecule has 0 aromatic carbocycles. The van der Waals surface area contributed by atoms with Crippen LogP contribution in [0.25, 0.3) is 0 Å². The number of hydrogen-bond donors (Lipinski definition) is 2. The molecule has 0 atom stereocenters. The number of thiophene rings is 1. The van der Waals surface area contributed by atoms with Crippen LogP contribution in [0.3, 0.4) is 0 Å². The fourth-order valence-electron chi connectivity index (χ4n) is 1.12. The van der Waals surface area contributed by atoms with Gasteiger partial charge >= 0.3 is 12.2 Å². The van der Waals surface area contributed by atoms with E-state index in [1.165, 1.54) is 11.4 Å². The summed E-state index contributed by atoms with van der Waals surface area (Å²) in [5.41, 5.74) is 1.40. The number of anilines is 1. The molecule has 0 radical (unpaired) electrons. The molecule has 0 aliphatic rings. The first-order valence-electron chi connectivity index (χ1n) is 5.24. The van der Waals surface area contributed by atoms with Crippen LogP contribution in [-0.4, -0.2) is 22.9 Å². The third-order valence-corrected chi connectivity index (χ3v) is 2.56. The van der Waals surface area contributed by atoms with Crippen molar-refractivity contribution in [3.8, 4) is 6.07 Å². The highest BCUT2D eigenvalue weighted by atomic mass is 32.1. The molecule has 0 fully saturated rings. The van der Waals surface area contributed by atoms with Gasteiger partial charge in [0, 0.05) is 5.38 Å². The molecule has 1 aromatic heterocycles. The molecule has 0 aliphatic carbocycles. The Hall–Kier alpha value is -2.27. The molecular weight excluding hydrogens is 270 g/mol. The summed E-state index contributed by atoms with van der Waals surface area (Å²) in [5, 5.41) is 19.7. The van der Waals surface area contributed by atoms with Gasteiger partial charge in [0.1, 0.15) is 16.5 Å². The Bertz CT molecular complexity index is 527. The minimum atomic E-state index is -1.41. The van der Waals surface area contributed by atoms with Crippen LogP contribution < -0.4 is 10.4 Å². The highest BCUT2D eigenvalue weighted by Crippen LogP contribution is 2.23. The quantitative estimate of drug-likeness (QED) is 0.771. The van der Waals surface area contributed by atoms with Gasteiger partial charge < -0.3 is 9.84 Å². The number of amides is 2. The topological polar surface area (TPSA) is 103 Å². The van der Waals surface area contributed by atoms with Crippen molar-refractivity contribution in [1.29, 1.82) is 5.26 Å². The summed E-state index contributed by atoms with van der Waals surface area (Å²) in [5.74, 6) is 0. The zero-order valence-electron chi connectivity index (χ0n) is 10.6. The summed E-state index contributed by atoms with van der Waals surface area (Å²) in [4.78, 5) is 23.0. The number of hydrogen-bond acceptors (Lipinski definition) is 5. The van der Waals surface area contributed by atoms with Crippen LogP contribution in [0.15, 0.2) is 11.4 Å². The zero-order chi connectivity index (χ0) is 14.6. The fraction of sp³-hybridized carbons (Fsp3) is 0.364. The van der Waals surface area contributed by atoms with Gasteiger partial charge in [0.05, 0.1) is 5.69 Å². The predicted molar refractivity (Wildman–Crippen MR) is 68.9 cm³/mol. The molecule has 102 valence electrons. The SMILES string of the molecule is CC(C)(C)OC(=O)N(NC(=O)O)c1csc(C#N)c1. The zero-order valence-corrected chi connectivity index (χ0v) is 11.4. The molecule has 2 amide bonds. The van der Waals surface area contributed by atoms with Crippen LogP contribution in [0.2, 0.25) is 0 Å². The number of nitriles is 1. The van der Waals surface area contributed by atoms with Crippen LogP contribution in [0.5, 0.6) is 0 Å². The van der Waals surface area contributed by atoms with Gasteiger partial charge in [-0.25, -0.2) is 15.0 Å². The molecule has 1 aromatic rings. The summed E-state index contributed by atoms with van der Waals surface area (Å²) >= 11 is 1.10. The van der Waals surface area contributed by atoms with Gasteiger partial charge in [-0.1, -0.05) is 0 Å². The average molecular weight is 283 g/mol. The Balaban J connectivity index is 2.98. The van der Waals surface area contributed by atoms with Crippen LogP contribution in [0, 0.1) is 11.3 Å². The van der Waals surface area contributed by atoms with E-state index in [9.17, 15) is 9.59 Å². The number of nitrogens with one attached hydrogen (secondary N) is 1. The number of carbonyl (C=O) groups excluding carboxylic acids is 1. The Morgan fingerprint density at radius 1 is 1.53 bits per heavy atom. The minimum absolute atomic E-state index is 0.234. The maximum atomic E-state index is 11.9. The first kappa shape index (κ1) is 14.8. The van der Waals surface area contributed by atoms with Gasteiger partial charge in [0.15, 0.2) is 0 Å². The molecule has 2 N–H and O–H groups in total. The van der Waals surface area contributed by atoms with Gasteiger partial charge in [-0.3, -0.25) is 0 Å². The molecule has 0 saturated heterocycles. The lowest BCUT2D eigenvalue weighted by molar-refractivity contribution is 0.0559. The van der Waals surface area contributed by atoms with Crippen molar-refractivity contribution < 1.29 is 19.4 Å². The maximum Gasteiger partial charge on any atom is 0.434 e. The van der Waals surface area contributed by atoms with E-state index >= 15 is 0 Å². The lowest BCUT2D eigenvalue weighted by Gasteiger charge is -2.25. The molecular formula is C11H13N3O4S. The Kier molecular flexibility index (Phi) is 4.34. The van der Waals surface area contributed by atoms with E-state index in [2.05, 4.69) is 0 Å². The Labute approximate surface area is 114 Å². The molecule has 0 aliphatic heterocycles. The molecule has 1 rings (SSSR count). The van der Waals surface area contributed by atoms with Crippen molar-refractivity contribution in [3.05, 3.63) is 16.3 Å². The van der Waals surface area contributed by atoms with Crippen molar-refractivity contribution >= 4 is 29.2 Å². The largest absolute Gasteiger partial charge is 0.464 e. The third kappa shape index (κ3) is 4.48. The van der Waals surface area contributed by atoms with E-state index in [0.29, 0.717) is 4.88 Å². The first-order chi connectivity index (χ1) is 8.73. The van der Waals surface area contributed by atoms with E-state index in [0.717, 1.165) is 16.3 Å². The summed E-state index contributed by atoms with van der Waals surface area (Å²) in [6.07, 6.45) is -2.27. The van der Waals surface area contributed by atoms with E-state index < -0.39 is 17.8 Å². The molecule has 8 heteroatoms. The summed E-state index contributed by atoms with van der Waals surface area (Å²) in [7, 11) is 0. The second kappa shape index (κ2) is 5.58. The number of nitrogens with zero attached hydrogens (tertiary/aromatic N) is 2. The second-order valence-corrected chi connectivity index (χ2v) is 5.42. The number of hydrazine groups is 1. The van der Waals surface area contributed by atoms with Crippen molar-refractivity contribution in [1.82, 2.24) is 5.43 Å². The molecule has 0 spiro atoms. The number of carboxylic acid groups (broad SMARTS) is 1. The van der Waals surface area contributed by atoms with Crippen molar-refractivity contribution in [3.63, 3.8) is 0 Å². The minimum Gasteiger partial charge on any atom is -0.464 e. The van der Waals surface area contributed by atoms with Crippen LogP contribution in [-0.2, 0) is 4.74 Å². The lowest BCUT2D eigenvalue weighted by atomic mass is 10.2. The van der Waals surface area contributed by atoms with E-state index in [4.69, 9.17) is 15.1 Å². The highest BCUT2D eigenvalue weighted by Gasteiger charge is 2.25. The molecule has 0 saturated carbocycles. The Morgan fingerprint density at radius 3 is 2.58 bits per heavy atom. The van der Waals surface area contributed by atoms with E-state index in [1.54, 1.807) is 20.8 Å². The smallest absolute Gasteiger partial charge is 0.434 e. The normalized spacial score (nSPS) is 10.4. The van der Waals surface area contributed by atoms with E-state index in [-0.39, 0.29) is 5.69 Å². The average Bonchev–Trinajstić information content (AvgIpc) is 2.71. The number of rotatable bonds is 1. The summed E-state index contributed by atoms with van der Waals surface area (Å²) in [6.45, 7) is 4.99. The molecule has 0 unspecified atom stereocenters. The van der Waals surface area contributed by atoms with Gasteiger partial charge in [0.25, 0.3) is 0 Å². The molecule has 7 nitrogen and oxygen atoms in total. The maximum absolute atomic E-state index is 11.9. The number of carbonyl (C=O) groups is 2. The standard InChI is InChI=1S/C11H13N3O4S/c1-11(2,3)18-10(17)14(13-9(15)16)7-4-8(5-12)19-6-7/h4,6,13H,1-3H3,(H,15,16). The molecule has 0 bridgehead atoms. The monoisotopic (exact) mass is 283 g/mol. The van der Waals surface area contributed by atoms with Crippen molar-refractivity contribution in [2.45, 2.75) is 26.4 Å². The van der Waals surface area contributed by atoms with Gasteiger partial charge in [-0.2, -0.15) is 10.3 Å². The second-order valence-electron chi connectivity index (χ2n) is 4.51. The first-order valence-corrected chi connectivity index (χ1v) is 6.12. The van der Waals surface area contributed by atoms with Crippen LogP contribution >= 0.6 is 11.3 Å². The third-order valence-electron chi connectivity index (χ3n) is 1.74. The van der Waals surface area contributed by atoms with Gasteiger partial charge in [-0.05, 0) is 26.8 Å². The van der Waals surface area contributed by atoms with Crippen LogP contribution in [0.4, 0.5) is 15.3 Å². The Morgan fingerprint density at radius 2 is 2.16 bits per heavy atom. The lowest BCUT2D eigenvalue weighted by Crippen LogP contribution is -2.48. The summed E-state index contributed by atoms with van der Waals surface area (Å²) in [6, 6.07) is 3.30. The van der Waals surface area contributed by atoms with E-state index in [1.807, 2.05) is 11.5 Å². The highest BCUT2D eigenvalue weighted by molar-refractivity contribution is 7.11.